The molecule has 0 aromatic heterocycles. The van der Waals surface area contributed by atoms with Gasteiger partial charge in [-0.1, -0.05) is 12.1 Å². The number of nitrogens with zero attached hydrogens (tertiary/aromatic N) is 1. The van der Waals surface area contributed by atoms with Crippen LogP contribution in [0.3, 0.4) is 0 Å². The van der Waals surface area contributed by atoms with Crippen molar-refractivity contribution in [1.29, 1.82) is 0 Å². The molecule has 0 radical (unpaired) electrons. The summed E-state index contributed by atoms with van der Waals surface area (Å²) in [5.74, 6) is -1.40. The van der Waals surface area contributed by atoms with Gasteiger partial charge in [-0.15, -0.1) is 12.4 Å². The van der Waals surface area contributed by atoms with Crippen LogP contribution in [0, 0.1) is 0 Å². The molecule has 3 rings (SSSR count). The van der Waals surface area contributed by atoms with E-state index in [1.165, 1.54) is 0 Å². The number of amides is 2. The summed E-state index contributed by atoms with van der Waals surface area (Å²) in [5.41, 5.74) is 0.179. The molecule has 1 aromatic rings. The molecular weight excluding hydrogens is 332 g/mol. The second kappa shape index (κ2) is 6.45. The summed E-state index contributed by atoms with van der Waals surface area (Å²) in [6.45, 7) is 2.04. The zero-order valence-electron chi connectivity index (χ0n) is 13.5. The topological polar surface area (TPSA) is 83.6 Å². The van der Waals surface area contributed by atoms with Gasteiger partial charge in [0.2, 0.25) is 0 Å². The molecule has 7 heteroatoms. The maximum atomic E-state index is 12.9. The minimum absolute atomic E-state index is 0. The Morgan fingerprint density at radius 3 is 2.50 bits per heavy atom. The van der Waals surface area contributed by atoms with E-state index in [-0.39, 0.29) is 43.2 Å². The number of fused-ring (bicyclic) bond motifs is 1. The average molecular weight is 351 g/mol. The molecule has 1 atom stereocenters. The van der Waals surface area contributed by atoms with Crippen molar-refractivity contribution < 1.29 is 19.2 Å². The van der Waals surface area contributed by atoms with E-state index in [9.17, 15) is 19.2 Å². The Labute approximate surface area is 146 Å². The summed E-state index contributed by atoms with van der Waals surface area (Å²) in [7, 11) is 1.76. The maximum absolute atomic E-state index is 12.9. The van der Waals surface area contributed by atoms with Crippen LogP contribution in [0.2, 0.25) is 0 Å². The Morgan fingerprint density at radius 2 is 1.88 bits per heavy atom. The zero-order chi connectivity index (χ0) is 16.8. The summed E-state index contributed by atoms with van der Waals surface area (Å²) in [4.78, 5) is 50.5. The molecule has 0 bridgehead atoms. The molecule has 0 spiro atoms. The van der Waals surface area contributed by atoms with Gasteiger partial charge in [0, 0.05) is 13.0 Å². The van der Waals surface area contributed by atoms with Crippen molar-refractivity contribution in [2.45, 2.75) is 38.3 Å². The molecule has 2 amide bonds. The van der Waals surface area contributed by atoms with Crippen molar-refractivity contribution in [3.05, 3.63) is 34.9 Å². The van der Waals surface area contributed by atoms with Crippen LogP contribution in [-0.4, -0.2) is 40.9 Å². The van der Waals surface area contributed by atoms with Crippen LogP contribution in [0.1, 0.15) is 52.5 Å². The molecule has 2 aliphatic rings. The lowest BCUT2D eigenvalue weighted by Gasteiger charge is -2.38. The second-order valence-electron chi connectivity index (χ2n) is 6.23. The van der Waals surface area contributed by atoms with E-state index in [1.807, 2.05) is 0 Å². The van der Waals surface area contributed by atoms with Crippen molar-refractivity contribution in [3.63, 3.8) is 0 Å². The van der Waals surface area contributed by atoms with Crippen molar-refractivity contribution in [1.82, 2.24) is 10.2 Å². The van der Waals surface area contributed by atoms with Gasteiger partial charge in [-0.3, -0.25) is 24.1 Å². The fourth-order valence-corrected chi connectivity index (χ4v) is 3.36. The van der Waals surface area contributed by atoms with Crippen LogP contribution in [0.15, 0.2) is 18.2 Å². The maximum Gasteiger partial charge on any atom is 0.262 e. The summed E-state index contributed by atoms with van der Waals surface area (Å²) >= 11 is 0. The smallest absolute Gasteiger partial charge is 0.262 e. The van der Waals surface area contributed by atoms with E-state index in [1.54, 1.807) is 32.2 Å². The number of Topliss-reactive ketones (excluding diaryl/α,β-unsaturated/α-hetero) is 2. The summed E-state index contributed by atoms with van der Waals surface area (Å²) in [6, 6.07) is 5.13. The molecule has 24 heavy (non-hydrogen) atoms. The van der Waals surface area contributed by atoms with E-state index >= 15 is 0 Å². The molecule has 0 saturated heterocycles. The third-order valence-corrected chi connectivity index (χ3v) is 4.71. The summed E-state index contributed by atoms with van der Waals surface area (Å²) in [6.07, 6.45) is 0.184. The normalized spacial score (nSPS) is 23.3. The Hall–Kier alpha value is -2.05. The van der Waals surface area contributed by atoms with Gasteiger partial charge >= 0.3 is 0 Å². The fraction of sp³-hybridized carbons (Fsp3) is 0.412. The highest BCUT2D eigenvalue weighted by Gasteiger charge is 2.52. The van der Waals surface area contributed by atoms with Gasteiger partial charge in [-0.05, 0) is 32.0 Å². The predicted molar refractivity (Wildman–Crippen MR) is 89.2 cm³/mol. The lowest BCUT2D eigenvalue weighted by atomic mass is 9.80. The number of carbonyl (C=O) groups is 4. The first-order valence-corrected chi connectivity index (χ1v) is 7.60. The fourth-order valence-electron chi connectivity index (χ4n) is 3.36. The van der Waals surface area contributed by atoms with E-state index in [0.717, 1.165) is 10.5 Å². The van der Waals surface area contributed by atoms with Crippen LogP contribution >= 0.6 is 12.4 Å². The molecule has 6 nitrogen and oxygen atoms in total. The molecule has 1 fully saturated rings. The third-order valence-electron chi connectivity index (χ3n) is 4.71. The minimum atomic E-state index is -1.24. The van der Waals surface area contributed by atoms with Crippen LogP contribution in [0.4, 0.5) is 0 Å². The number of nitrogens with one attached hydrogen (secondary N) is 1. The van der Waals surface area contributed by atoms with Crippen LogP contribution < -0.4 is 5.32 Å². The lowest BCUT2D eigenvalue weighted by Crippen LogP contribution is -2.57. The minimum Gasteiger partial charge on any atom is -0.316 e. The van der Waals surface area contributed by atoms with Crippen molar-refractivity contribution in [2.75, 3.05) is 7.05 Å². The van der Waals surface area contributed by atoms with Crippen LogP contribution in [0.25, 0.3) is 0 Å². The number of halogens is 1. The molecular formula is C17H19ClN2O4. The largest absolute Gasteiger partial charge is 0.316 e. The zero-order valence-corrected chi connectivity index (χ0v) is 14.4. The molecule has 1 N–H and O–H groups in total. The number of carbonyl (C=O) groups excluding carboxylic acids is 4. The molecule has 1 aromatic carbocycles. The van der Waals surface area contributed by atoms with Crippen molar-refractivity contribution in [2.24, 2.45) is 0 Å². The van der Waals surface area contributed by atoms with Crippen molar-refractivity contribution >= 4 is 35.8 Å². The van der Waals surface area contributed by atoms with Gasteiger partial charge in [0.1, 0.15) is 11.3 Å². The second-order valence-corrected chi connectivity index (χ2v) is 6.23. The number of ketones is 2. The van der Waals surface area contributed by atoms with E-state index in [0.29, 0.717) is 17.7 Å². The first-order valence-electron chi connectivity index (χ1n) is 7.60. The molecule has 128 valence electrons. The first kappa shape index (κ1) is 18.3. The monoisotopic (exact) mass is 350 g/mol. The Kier molecular flexibility index (Phi) is 4.92. The van der Waals surface area contributed by atoms with Gasteiger partial charge < -0.3 is 5.32 Å². The van der Waals surface area contributed by atoms with Gasteiger partial charge in [0.25, 0.3) is 11.8 Å². The molecule has 1 saturated carbocycles. The number of imide groups is 1. The highest BCUT2D eigenvalue weighted by Crippen LogP contribution is 2.37. The molecule has 1 heterocycles. The van der Waals surface area contributed by atoms with Crippen LogP contribution in [0.5, 0.6) is 0 Å². The Bertz CT molecular complexity index is 746. The standard InChI is InChI=1S/C17H18N2O4.ClH/c1-17(7-6-11(20)8-13(17)21)19-15(22)12-5-3-4-10(9-18-2)14(12)16(19)23;/h3-5,18H,6-9H2,1-2H3;1H/t17-;/m0./s1. The molecule has 0 unspecified atom stereocenters. The summed E-state index contributed by atoms with van der Waals surface area (Å²) in [5, 5.41) is 2.97. The average Bonchev–Trinajstić information content (AvgIpc) is 2.77. The molecule has 1 aliphatic carbocycles. The number of hydrogen-bond donors (Lipinski definition) is 1. The quantitative estimate of drug-likeness (QED) is 0.660. The molecule has 1 aliphatic heterocycles. The van der Waals surface area contributed by atoms with Gasteiger partial charge in [-0.2, -0.15) is 0 Å². The highest BCUT2D eigenvalue weighted by atomic mass is 35.5. The third kappa shape index (κ3) is 2.56. The Balaban J connectivity index is 0.00000208. The van der Waals surface area contributed by atoms with Crippen molar-refractivity contribution in [3.8, 4) is 0 Å². The summed E-state index contributed by atoms with van der Waals surface area (Å²) < 4.78 is 0. The van der Waals surface area contributed by atoms with Gasteiger partial charge in [0.15, 0.2) is 5.78 Å². The number of benzene rings is 1. The predicted octanol–water partition coefficient (Wildman–Crippen LogP) is 1.50. The first-order chi connectivity index (χ1) is 10.9. The lowest BCUT2D eigenvalue weighted by molar-refractivity contribution is -0.137. The van der Waals surface area contributed by atoms with Gasteiger partial charge in [-0.25, -0.2) is 0 Å². The Morgan fingerprint density at radius 1 is 1.17 bits per heavy atom. The van der Waals surface area contributed by atoms with Crippen LogP contribution in [-0.2, 0) is 16.1 Å². The highest BCUT2D eigenvalue weighted by molar-refractivity contribution is 6.25. The number of rotatable bonds is 3. The van der Waals surface area contributed by atoms with E-state index < -0.39 is 17.4 Å². The number of hydrogen-bond acceptors (Lipinski definition) is 5. The van der Waals surface area contributed by atoms with E-state index in [4.69, 9.17) is 0 Å². The SMILES string of the molecule is CNCc1cccc2c1C(=O)N([C@@]1(C)CCC(=O)CC1=O)C2=O.Cl. The van der Waals surface area contributed by atoms with E-state index in [2.05, 4.69) is 5.32 Å². The van der Waals surface area contributed by atoms with Gasteiger partial charge in [0.05, 0.1) is 17.5 Å².